The summed E-state index contributed by atoms with van der Waals surface area (Å²) in [7, 11) is 0. The van der Waals surface area contributed by atoms with E-state index < -0.39 is 5.60 Å². The molecule has 0 aromatic carbocycles. The number of hydrogen-bond acceptors (Lipinski definition) is 4. The third kappa shape index (κ3) is 5.04. The van der Waals surface area contributed by atoms with Crippen LogP contribution >= 0.6 is 0 Å². The third-order valence-electron chi connectivity index (χ3n) is 2.34. The molecule has 0 aromatic heterocycles. The first-order valence-electron chi connectivity index (χ1n) is 5.77. The summed E-state index contributed by atoms with van der Waals surface area (Å²) in [5.74, 6) is -0.319. The Morgan fingerprint density at radius 3 is 2.47 bits per heavy atom. The lowest BCUT2D eigenvalue weighted by Gasteiger charge is -2.40. The van der Waals surface area contributed by atoms with Gasteiger partial charge in [-0.2, -0.15) is 0 Å². The monoisotopic (exact) mass is 243 g/mol. The first kappa shape index (κ1) is 13.8. The quantitative estimate of drug-likeness (QED) is 0.732. The Balaban J connectivity index is 2.14. The molecule has 1 rings (SSSR count). The molecule has 1 saturated heterocycles. The molecule has 0 radical (unpaired) electrons. The van der Waals surface area contributed by atoms with Crippen LogP contribution in [0.25, 0.3) is 0 Å². The lowest BCUT2D eigenvalue weighted by Crippen LogP contribution is -2.60. The molecule has 0 unspecified atom stereocenters. The number of primary amides is 1. The molecule has 6 heteroatoms. The fraction of sp³-hybridized carbons (Fsp3) is 0.818. The number of nitrogens with one attached hydrogen (secondary N) is 1. The molecule has 0 spiro atoms. The summed E-state index contributed by atoms with van der Waals surface area (Å²) < 4.78 is 5.22. The maximum Gasteiger partial charge on any atom is 0.410 e. The van der Waals surface area contributed by atoms with Crippen molar-refractivity contribution >= 4 is 12.0 Å². The molecular weight excluding hydrogens is 222 g/mol. The Labute approximate surface area is 101 Å². The third-order valence-corrected chi connectivity index (χ3v) is 2.34. The lowest BCUT2D eigenvalue weighted by atomic mass is 10.1. The van der Waals surface area contributed by atoms with E-state index in [0.717, 1.165) is 0 Å². The van der Waals surface area contributed by atoms with E-state index in [9.17, 15) is 9.59 Å². The van der Waals surface area contributed by atoms with Gasteiger partial charge < -0.3 is 20.7 Å². The second kappa shape index (κ2) is 5.35. The average Bonchev–Trinajstić information content (AvgIpc) is 2.04. The highest BCUT2D eigenvalue weighted by atomic mass is 16.6. The number of amides is 2. The van der Waals surface area contributed by atoms with E-state index >= 15 is 0 Å². The van der Waals surface area contributed by atoms with Crippen LogP contribution in [0.3, 0.4) is 0 Å². The lowest BCUT2D eigenvalue weighted by molar-refractivity contribution is -0.118. The van der Waals surface area contributed by atoms with Gasteiger partial charge in [0.1, 0.15) is 5.60 Å². The smallest absolute Gasteiger partial charge is 0.410 e. The molecule has 1 fully saturated rings. The van der Waals surface area contributed by atoms with Gasteiger partial charge in [0.05, 0.1) is 0 Å². The summed E-state index contributed by atoms with van der Waals surface area (Å²) in [4.78, 5) is 23.7. The number of carbonyl (C=O) groups is 2. The Kier molecular flexibility index (Phi) is 4.34. The number of ether oxygens (including phenoxy) is 1. The number of likely N-dealkylation sites (tertiary alicyclic amines) is 1. The van der Waals surface area contributed by atoms with E-state index in [2.05, 4.69) is 5.32 Å². The highest BCUT2D eigenvalue weighted by Crippen LogP contribution is 2.14. The fourth-order valence-corrected chi connectivity index (χ4v) is 1.48. The van der Waals surface area contributed by atoms with Gasteiger partial charge in [-0.3, -0.25) is 4.79 Å². The van der Waals surface area contributed by atoms with E-state index in [4.69, 9.17) is 10.5 Å². The zero-order chi connectivity index (χ0) is 13.1. The van der Waals surface area contributed by atoms with E-state index in [0.29, 0.717) is 26.1 Å². The Morgan fingerprint density at radius 1 is 1.41 bits per heavy atom. The van der Waals surface area contributed by atoms with Crippen molar-refractivity contribution in [2.75, 3.05) is 19.6 Å². The van der Waals surface area contributed by atoms with Crippen molar-refractivity contribution in [3.05, 3.63) is 0 Å². The summed E-state index contributed by atoms with van der Waals surface area (Å²) in [6, 6.07) is 0.238. The molecule has 0 atom stereocenters. The highest BCUT2D eigenvalue weighted by molar-refractivity contribution is 5.73. The van der Waals surface area contributed by atoms with Crippen molar-refractivity contribution in [2.24, 2.45) is 5.73 Å². The highest BCUT2D eigenvalue weighted by Gasteiger charge is 2.33. The molecule has 17 heavy (non-hydrogen) atoms. The van der Waals surface area contributed by atoms with Crippen LogP contribution in [0, 0.1) is 0 Å². The molecule has 1 aliphatic rings. The largest absolute Gasteiger partial charge is 0.444 e. The minimum atomic E-state index is -0.457. The fourth-order valence-electron chi connectivity index (χ4n) is 1.48. The molecule has 3 N–H and O–H groups in total. The second-order valence-corrected chi connectivity index (χ2v) is 5.25. The maximum absolute atomic E-state index is 11.6. The van der Waals surface area contributed by atoms with E-state index in [1.165, 1.54) is 0 Å². The second-order valence-electron chi connectivity index (χ2n) is 5.25. The van der Waals surface area contributed by atoms with E-state index in [-0.39, 0.29) is 18.0 Å². The van der Waals surface area contributed by atoms with Gasteiger partial charge in [-0.1, -0.05) is 0 Å². The Bertz CT molecular complexity index is 293. The van der Waals surface area contributed by atoms with Crippen LogP contribution in [0.2, 0.25) is 0 Å². The van der Waals surface area contributed by atoms with Crippen LogP contribution in [-0.2, 0) is 9.53 Å². The minimum Gasteiger partial charge on any atom is -0.444 e. The van der Waals surface area contributed by atoms with Crippen LogP contribution in [0.5, 0.6) is 0 Å². The number of rotatable bonds is 4. The Hall–Kier alpha value is -1.30. The topological polar surface area (TPSA) is 84.7 Å². The van der Waals surface area contributed by atoms with Crippen molar-refractivity contribution < 1.29 is 14.3 Å². The van der Waals surface area contributed by atoms with Crippen LogP contribution in [0.15, 0.2) is 0 Å². The van der Waals surface area contributed by atoms with Gasteiger partial charge in [-0.15, -0.1) is 0 Å². The van der Waals surface area contributed by atoms with E-state index in [1.807, 2.05) is 20.8 Å². The van der Waals surface area contributed by atoms with Gasteiger partial charge in [0.15, 0.2) is 0 Å². The van der Waals surface area contributed by atoms with Crippen LogP contribution in [0.1, 0.15) is 27.2 Å². The molecule has 6 nitrogen and oxygen atoms in total. The summed E-state index contributed by atoms with van der Waals surface area (Å²) >= 11 is 0. The summed E-state index contributed by atoms with van der Waals surface area (Å²) in [6.07, 6.45) is 0.0357. The zero-order valence-electron chi connectivity index (χ0n) is 10.7. The molecule has 98 valence electrons. The molecular formula is C11H21N3O3. The number of nitrogens with two attached hydrogens (primary N) is 1. The van der Waals surface area contributed by atoms with Crippen LogP contribution in [0.4, 0.5) is 4.79 Å². The van der Waals surface area contributed by atoms with Gasteiger partial charge in [-0.05, 0) is 20.8 Å². The van der Waals surface area contributed by atoms with Crippen molar-refractivity contribution in [3.8, 4) is 0 Å². The summed E-state index contributed by atoms with van der Waals surface area (Å²) in [6.45, 7) is 7.32. The molecule has 1 heterocycles. The van der Waals surface area contributed by atoms with Crippen molar-refractivity contribution in [3.63, 3.8) is 0 Å². The SMILES string of the molecule is CC(C)(C)OC(=O)N1CC(NCCC(N)=O)C1. The van der Waals surface area contributed by atoms with Crippen LogP contribution in [-0.4, -0.2) is 48.2 Å². The van der Waals surface area contributed by atoms with Gasteiger partial charge in [0.2, 0.25) is 5.91 Å². The molecule has 2 amide bonds. The molecule has 0 bridgehead atoms. The van der Waals surface area contributed by atoms with Crippen molar-refractivity contribution in [1.82, 2.24) is 10.2 Å². The van der Waals surface area contributed by atoms with Gasteiger partial charge >= 0.3 is 6.09 Å². The van der Waals surface area contributed by atoms with Crippen molar-refractivity contribution in [1.29, 1.82) is 0 Å². The average molecular weight is 243 g/mol. The number of carbonyl (C=O) groups excluding carboxylic acids is 2. The van der Waals surface area contributed by atoms with Gasteiger partial charge in [0, 0.05) is 32.1 Å². The first-order valence-corrected chi connectivity index (χ1v) is 5.77. The Morgan fingerprint density at radius 2 is 2.00 bits per heavy atom. The minimum absolute atomic E-state index is 0.238. The predicted octanol–water partition coefficient (Wildman–Crippen LogP) is 0.0707. The zero-order valence-corrected chi connectivity index (χ0v) is 10.7. The summed E-state index contributed by atoms with van der Waals surface area (Å²) in [5, 5.41) is 3.15. The summed E-state index contributed by atoms with van der Waals surface area (Å²) in [5.41, 5.74) is 4.56. The maximum atomic E-state index is 11.6. The predicted molar refractivity (Wildman–Crippen MR) is 63.4 cm³/mol. The molecule has 0 aliphatic carbocycles. The van der Waals surface area contributed by atoms with Crippen molar-refractivity contribution in [2.45, 2.75) is 38.8 Å². The standard InChI is InChI=1S/C11H21N3O3/c1-11(2,3)17-10(16)14-6-8(7-14)13-5-4-9(12)15/h8,13H,4-7H2,1-3H3,(H2,12,15). The van der Waals surface area contributed by atoms with Crippen LogP contribution < -0.4 is 11.1 Å². The van der Waals surface area contributed by atoms with E-state index in [1.54, 1.807) is 4.90 Å². The first-order chi connectivity index (χ1) is 7.78. The number of nitrogens with zero attached hydrogens (tertiary/aromatic N) is 1. The molecule has 1 aliphatic heterocycles. The molecule has 0 aromatic rings. The normalized spacial score (nSPS) is 16.5. The van der Waals surface area contributed by atoms with Gasteiger partial charge in [0.25, 0.3) is 0 Å². The van der Waals surface area contributed by atoms with Gasteiger partial charge in [-0.25, -0.2) is 4.79 Å². The number of hydrogen-bond donors (Lipinski definition) is 2. The molecule has 0 saturated carbocycles.